The van der Waals surface area contributed by atoms with Gasteiger partial charge in [-0.1, -0.05) is 30.3 Å². The predicted octanol–water partition coefficient (Wildman–Crippen LogP) is 2.72. The van der Waals surface area contributed by atoms with Crippen molar-refractivity contribution in [3.63, 3.8) is 0 Å². The van der Waals surface area contributed by atoms with Gasteiger partial charge in [-0.15, -0.1) is 0 Å². The number of aromatic nitrogens is 1. The van der Waals surface area contributed by atoms with Crippen molar-refractivity contribution in [3.8, 4) is 0 Å². The number of benzene rings is 1. The Morgan fingerprint density at radius 3 is 2.56 bits per heavy atom. The van der Waals surface area contributed by atoms with Gasteiger partial charge in [0.25, 0.3) is 5.91 Å². The molecule has 2 fully saturated rings. The number of likely N-dealkylation sites (tertiary alicyclic amines) is 1. The van der Waals surface area contributed by atoms with Crippen LogP contribution in [0.3, 0.4) is 0 Å². The first-order valence-electron chi connectivity index (χ1n) is 11.8. The van der Waals surface area contributed by atoms with E-state index in [-0.39, 0.29) is 5.91 Å². The van der Waals surface area contributed by atoms with Crippen LogP contribution in [0.5, 0.6) is 0 Å². The summed E-state index contributed by atoms with van der Waals surface area (Å²) in [7, 11) is -0.737. The molecule has 1 aromatic heterocycles. The largest absolute Gasteiger partial charge is 0.369 e. The molecule has 2 aliphatic rings. The molecule has 0 bridgehead atoms. The lowest BCUT2D eigenvalue weighted by Crippen LogP contribution is -2.41. The monoisotopic (exact) mass is 454 g/mol. The second-order valence-corrected chi connectivity index (χ2v) is 10.5. The van der Waals surface area contributed by atoms with Crippen molar-refractivity contribution in [2.24, 2.45) is 5.92 Å². The minimum Gasteiger partial charge on any atom is -0.369 e. The van der Waals surface area contributed by atoms with Crippen LogP contribution in [0.1, 0.15) is 35.2 Å². The number of piperidine rings is 1. The Kier molecular flexibility index (Phi) is 8.29. The Bertz CT molecular complexity index is 890. The van der Waals surface area contributed by atoms with Crippen molar-refractivity contribution in [2.75, 3.05) is 55.7 Å². The van der Waals surface area contributed by atoms with Gasteiger partial charge in [0.2, 0.25) is 0 Å². The summed E-state index contributed by atoms with van der Waals surface area (Å²) in [6, 6.07) is 12.6. The number of nitrogens with one attached hydrogen (secondary N) is 1. The number of carbonyl (C=O) groups excluding carboxylic acids is 1. The molecule has 0 atom stereocenters. The van der Waals surface area contributed by atoms with Crippen LogP contribution in [-0.2, 0) is 17.2 Å². The van der Waals surface area contributed by atoms with E-state index < -0.39 is 10.8 Å². The van der Waals surface area contributed by atoms with E-state index in [1.165, 1.54) is 31.2 Å². The number of pyridine rings is 1. The molecule has 1 N–H and O–H groups in total. The van der Waals surface area contributed by atoms with Gasteiger partial charge in [0.1, 0.15) is 0 Å². The molecule has 3 heterocycles. The van der Waals surface area contributed by atoms with E-state index in [1.807, 2.05) is 6.07 Å². The Morgan fingerprint density at radius 2 is 1.81 bits per heavy atom. The van der Waals surface area contributed by atoms with E-state index in [2.05, 4.69) is 50.4 Å². The minimum absolute atomic E-state index is 0.0717. The fourth-order valence-electron chi connectivity index (χ4n) is 4.65. The summed E-state index contributed by atoms with van der Waals surface area (Å²) in [5.41, 5.74) is 2.94. The average molecular weight is 455 g/mol. The number of nitrogens with zero attached hydrogens (tertiary/aromatic N) is 3. The van der Waals surface area contributed by atoms with Gasteiger partial charge >= 0.3 is 0 Å². The van der Waals surface area contributed by atoms with Crippen molar-refractivity contribution in [2.45, 2.75) is 25.7 Å². The maximum atomic E-state index is 12.8. The minimum atomic E-state index is -0.737. The molecular formula is C25H34N4O2S. The van der Waals surface area contributed by atoms with Crippen molar-refractivity contribution in [1.82, 2.24) is 15.2 Å². The third kappa shape index (κ3) is 6.39. The topological polar surface area (TPSA) is 65.5 Å². The molecular weight excluding hydrogens is 420 g/mol. The van der Waals surface area contributed by atoms with Gasteiger partial charge in [0.15, 0.2) is 0 Å². The lowest BCUT2D eigenvalue weighted by molar-refractivity contribution is 0.0943. The van der Waals surface area contributed by atoms with E-state index in [0.717, 1.165) is 44.3 Å². The first-order chi connectivity index (χ1) is 15.7. The number of amides is 1. The van der Waals surface area contributed by atoms with Gasteiger partial charge in [-0.3, -0.25) is 14.0 Å². The summed E-state index contributed by atoms with van der Waals surface area (Å²) >= 11 is 0. The molecule has 0 unspecified atom stereocenters. The Balaban J connectivity index is 1.19. The van der Waals surface area contributed by atoms with Crippen LogP contribution >= 0.6 is 0 Å². The number of carbonyl (C=O) groups is 1. The van der Waals surface area contributed by atoms with Crippen LogP contribution in [0, 0.1) is 5.92 Å². The summed E-state index contributed by atoms with van der Waals surface area (Å²) in [5.74, 6) is 2.05. The van der Waals surface area contributed by atoms with Gasteiger partial charge in [-0.2, -0.15) is 0 Å². The molecule has 1 aromatic carbocycles. The quantitative estimate of drug-likeness (QED) is 0.664. The highest BCUT2D eigenvalue weighted by Crippen LogP contribution is 2.23. The smallest absolute Gasteiger partial charge is 0.255 e. The van der Waals surface area contributed by atoms with Crippen LogP contribution in [-0.4, -0.2) is 70.8 Å². The standard InChI is InChI=1S/C25H34N4O2S/c30-25(23-20-26-11-8-24(23)29-16-18-32(31)19-17-29)27-12-15-28-13-9-22(10-14-28)7-6-21-4-2-1-3-5-21/h1-5,8,11,20,22H,6-7,9-10,12-19H2,(H,27,30). The summed E-state index contributed by atoms with van der Waals surface area (Å²) in [6.07, 6.45) is 8.28. The molecule has 2 aromatic rings. The van der Waals surface area contributed by atoms with E-state index in [4.69, 9.17) is 0 Å². The number of rotatable bonds is 8. The number of hydrogen-bond acceptors (Lipinski definition) is 5. The molecule has 0 saturated carbocycles. The maximum absolute atomic E-state index is 12.8. The number of aryl methyl sites for hydroxylation is 1. The van der Waals surface area contributed by atoms with Gasteiger partial charge in [-0.05, 0) is 56.3 Å². The first kappa shape index (κ1) is 22.9. The Morgan fingerprint density at radius 1 is 1.06 bits per heavy atom. The zero-order valence-corrected chi connectivity index (χ0v) is 19.6. The van der Waals surface area contributed by atoms with E-state index >= 15 is 0 Å². The fourth-order valence-corrected chi connectivity index (χ4v) is 5.71. The lowest BCUT2D eigenvalue weighted by Gasteiger charge is -2.32. The van der Waals surface area contributed by atoms with Gasteiger partial charge in [0.05, 0.1) is 11.3 Å². The summed E-state index contributed by atoms with van der Waals surface area (Å²) in [5, 5.41) is 3.09. The van der Waals surface area contributed by atoms with Crippen LogP contribution in [0.15, 0.2) is 48.8 Å². The maximum Gasteiger partial charge on any atom is 0.255 e. The molecule has 2 aliphatic heterocycles. The zero-order valence-electron chi connectivity index (χ0n) is 18.7. The molecule has 0 radical (unpaired) electrons. The van der Waals surface area contributed by atoms with Crippen molar-refractivity contribution in [1.29, 1.82) is 0 Å². The van der Waals surface area contributed by atoms with Crippen molar-refractivity contribution < 1.29 is 9.00 Å². The highest BCUT2D eigenvalue weighted by atomic mass is 32.2. The van der Waals surface area contributed by atoms with Gasteiger partial charge < -0.3 is 15.1 Å². The van der Waals surface area contributed by atoms with Crippen molar-refractivity contribution in [3.05, 3.63) is 59.9 Å². The molecule has 7 heteroatoms. The highest BCUT2D eigenvalue weighted by molar-refractivity contribution is 7.85. The molecule has 1 amide bonds. The van der Waals surface area contributed by atoms with Crippen LogP contribution in [0.4, 0.5) is 5.69 Å². The molecule has 4 rings (SSSR count). The van der Waals surface area contributed by atoms with E-state index in [9.17, 15) is 9.00 Å². The Labute approximate surface area is 193 Å². The fraction of sp³-hybridized carbons (Fsp3) is 0.520. The van der Waals surface area contributed by atoms with E-state index in [1.54, 1.807) is 12.4 Å². The SMILES string of the molecule is O=C(NCCN1CCC(CCc2ccccc2)CC1)c1cnccc1N1CCS(=O)CC1. The van der Waals surface area contributed by atoms with Crippen LogP contribution in [0.25, 0.3) is 0 Å². The normalized spacial score (nSPS) is 18.6. The molecule has 0 spiro atoms. The summed E-state index contributed by atoms with van der Waals surface area (Å²) in [6.45, 7) is 5.18. The summed E-state index contributed by atoms with van der Waals surface area (Å²) < 4.78 is 11.7. The first-order valence-corrected chi connectivity index (χ1v) is 13.3. The highest BCUT2D eigenvalue weighted by Gasteiger charge is 2.22. The second kappa shape index (κ2) is 11.6. The molecule has 172 valence electrons. The van der Waals surface area contributed by atoms with Gasteiger partial charge in [-0.25, -0.2) is 0 Å². The average Bonchev–Trinajstić information content (AvgIpc) is 2.84. The van der Waals surface area contributed by atoms with Crippen LogP contribution < -0.4 is 10.2 Å². The molecule has 6 nitrogen and oxygen atoms in total. The van der Waals surface area contributed by atoms with Crippen LogP contribution in [0.2, 0.25) is 0 Å². The molecule has 2 saturated heterocycles. The zero-order chi connectivity index (χ0) is 22.2. The number of anilines is 1. The predicted molar refractivity (Wildman–Crippen MR) is 131 cm³/mol. The van der Waals surface area contributed by atoms with Gasteiger partial charge in [0, 0.05) is 60.9 Å². The Hall–Kier alpha value is -2.25. The van der Waals surface area contributed by atoms with E-state index in [0.29, 0.717) is 23.6 Å². The second-order valence-electron chi connectivity index (χ2n) is 8.79. The number of hydrogen-bond donors (Lipinski definition) is 1. The molecule has 0 aliphatic carbocycles. The van der Waals surface area contributed by atoms with Crippen molar-refractivity contribution >= 4 is 22.4 Å². The third-order valence-corrected chi connectivity index (χ3v) is 7.94. The lowest BCUT2D eigenvalue weighted by atomic mass is 9.90. The summed E-state index contributed by atoms with van der Waals surface area (Å²) in [4.78, 5) is 21.6. The third-order valence-electron chi connectivity index (χ3n) is 6.67. The molecule has 32 heavy (non-hydrogen) atoms.